The molecule has 0 aliphatic carbocycles. The summed E-state index contributed by atoms with van der Waals surface area (Å²) in [6.45, 7) is 1.98. The number of amides is 1. The van der Waals surface area contributed by atoms with Crippen molar-refractivity contribution in [3.8, 4) is 0 Å². The number of fused-ring (bicyclic) bond motifs is 2. The van der Waals surface area contributed by atoms with Crippen LogP contribution in [0.25, 0.3) is 11.0 Å². The van der Waals surface area contributed by atoms with Gasteiger partial charge in [-0.05, 0) is 30.7 Å². The molecule has 1 aliphatic rings. The number of anilines is 1. The van der Waals surface area contributed by atoms with Crippen molar-refractivity contribution in [2.75, 3.05) is 4.90 Å². The molecule has 0 spiro atoms. The Morgan fingerprint density at radius 1 is 1.14 bits per heavy atom. The maximum absolute atomic E-state index is 13.4. The van der Waals surface area contributed by atoms with Crippen LogP contribution >= 0.6 is 22.9 Å². The number of carbonyl (C=O) groups excluding carboxylic acids is 1. The predicted octanol–water partition coefficient (Wildman–Crippen LogP) is 4.36. The lowest BCUT2D eigenvalue weighted by Gasteiger charge is -2.22. The molecular weight excluding hydrogens is 398 g/mol. The topological polar surface area (TPSA) is 76.3 Å². The summed E-state index contributed by atoms with van der Waals surface area (Å²) >= 11 is 7.30. The van der Waals surface area contributed by atoms with E-state index in [-0.39, 0.29) is 11.2 Å². The van der Waals surface area contributed by atoms with Crippen LogP contribution in [0.2, 0.25) is 5.02 Å². The Morgan fingerprint density at radius 3 is 2.64 bits per heavy atom. The molecule has 0 saturated heterocycles. The Bertz CT molecular complexity index is 1280. The Morgan fingerprint density at radius 2 is 1.93 bits per heavy atom. The minimum atomic E-state index is -0.643. The average molecular weight is 410 g/mol. The Kier molecular flexibility index (Phi) is 3.82. The number of nitrogens with zero attached hydrogens (tertiary/aromatic N) is 3. The predicted molar refractivity (Wildman–Crippen MR) is 107 cm³/mol. The summed E-state index contributed by atoms with van der Waals surface area (Å²) in [6, 6.07) is 11.8. The van der Waals surface area contributed by atoms with Crippen molar-refractivity contribution >= 4 is 44.9 Å². The molecule has 8 heteroatoms. The van der Waals surface area contributed by atoms with E-state index in [1.807, 2.05) is 31.2 Å². The van der Waals surface area contributed by atoms with Gasteiger partial charge in [-0.2, -0.15) is 0 Å². The highest BCUT2D eigenvalue weighted by molar-refractivity contribution is 7.13. The van der Waals surface area contributed by atoms with E-state index in [2.05, 4.69) is 10.2 Å². The van der Waals surface area contributed by atoms with Crippen LogP contribution in [0.5, 0.6) is 0 Å². The molecule has 6 nitrogen and oxygen atoms in total. The van der Waals surface area contributed by atoms with Gasteiger partial charge < -0.3 is 4.42 Å². The number of halogens is 1. The third-order valence-corrected chi connectivity index (χ3v) is 5.70. The summed E-state index contributed by atoms with van der Waals surface area (Å²) in [4.78, 5) is 28.0. The zero-order valence-corrected chi connectivity index (χ0v) is 16.1. The molecule has 4 aromatic rings. The highest BCUT2D eigenvalue weighted by Crippen LogP contribution is 2.41. The second-order valence-electron chi connectivity index (χ2n) is 6.52. The van der Waals surface area contributed by atoms with Gasteiger partial charge in [-0.1, -0.05) is 52.8 Å². The lowest BCUT2D eigenvalue weighted by molar-refractivity contribution is 0.0970. The van der Waals surface area contributed by atoms with Crippen molar-refractivity contribution in [3.05, 3.63) is 85.7 Å². The van der Waals surface area contributed by atoms with Gasteiger partial charge in [-0.25, -0.2) is 0 Å². The molecule has 0 radical (unpaired) electrons. The first kappa shape index (κ1) is 17.1. The van der Waals surface area contributed by atoms with Crippen molar-refractivity contribution < 1.29 is 9.21 Å². The number of hydrogen-bond acceptors (Lipinski definition) is 6. The van der Waals surface area contributed by atoms with Gasteiger partial charge in [0.25, 0.3) is 5.91 Å². The second kappa shape index (κ2) is 6.25. The summed E-state index contributed by atoms with van der Waals surface area (Å²) < 4.78 is 5.86. The van der Waals surface area contributed by atoms with Crippen LogP contribution in [0.15, 0.2) is 57.2 Å². The first-order valence-corrected chi connectivity index (χ1v) is 9.73. The lowest BCUT2D eigenvalue weighted by Crippen LogP contribution is -2.29. The van der Waals surface area contributed by atoms with Gasteiger partial charge in [0.1, 0.15) is 11.1 Å². The fraction of sp³-hybridized carbons (Fsp3) is 0.100. The number of aromatic nitrogens is 2. The fourth-order valence-electron chi connectivity index (χ4n) is 3.48. The van der Waals surface area contributed by atoms with E-state index in [1.165, 1.54) is 16.2 Å². The molecule has 138 valence electrons. The van der Waals surface area contributed by atoms with Crippen LogP contribution in [0.1, 0.15) is 33.3 Å². The van der Waals surface area contributed by atoms with Crippen molar-refractivity contribution in [3.63, 3.8) is 0 Å². The normalized spacial score (nSPS) is 16.0. The summed E-state index contributed by atoms with van der Waals surface area (Å²) in [5, 5.41) is 9.07. The van der Waals surface area contributed by atoms with Crippen LogP contribution in [-0.4, -0.2) is 16.1 Å². The van der Waals surface area contributed by atoms with Gasteiger partial charge >= 0.3 is 0 Å². The zero-order chi connectivity index (χ0) is 19.4. The highest BCUT2D eigenvalue weighted by atomic mass is 35.5. The van der Waals surface area contributed by atoms with Gasteiger partial charge in [-0.3, -0.25) is 14.5 Å². The molecule has 0 N–H and O–H groups in total. The smallest absolute Gasteiger partial charge is 0.297 e. The molecule has 0 fully saturated rings. The van der Waals surface area contributed by atoms with Gasteiger partial charge in [0.2, 0.25) is 10.9 Å². The van der Waals surface area contributed by atoms with Crippen molar-refractivity contribution in [2.45, 2.75) is 13.0 Å². The molecule has 2 aromatic heterocycles. The molecule has 0 bridgehead atoms. The molecule has 0 saturated carbocycles. The van der Waals surface area contributed by atoms with E-state index in [0.29, 0.717) is 26.7 Å². The van der Waals surface area contributed by atoms with Crippen LogP contribution in [-0.2, 0) is 0 Å². The van der Waals surface area contributed by atoms with Gasteiger partial charge in [-0.15, -0.1) is 10.2 Å². The molecule has 5 rings (SSSR count). The third kappa shape index (κ3) is 2.47. The Labute approximate surface area is 168 Å². The van der Waals surface area contributed by atoms with E-state index >= 15 is 0 Å². The molecule has 28 heavy (non-hydrogen) atoms. The SMILES string of the molecule is Cc1ccc([C@@H]2c3c(oc4ccc(Cl)cc4c3=O)C(=O)N2c2nncs2)cc1. The number of rotatable bonds is 2. The number of carbonyl (C=O) groups is 1. The van der Waals surface area contributed by atoms with Gasteiger partial charge in [0.05, 0.1) is 17.0 Å². The third-order valence-electron chi connectivity index (χ3n) is 4.78. The summed E-state index contributed by atoms with van der Waals surface area (Å²) in [5.74, 6) is -0.383. The van der Waals surface area contributed by atoms with Crippen molar-refractivity contribution in [2.24, 2.45) is 0 Å². The monoisotopic (exact) mass is 409 g/mol. The lowest BCUT2D eigenvalue weighted by atomic mass is 9.98. The maximum Gasteiger partial charge on any atom is 0.297 e. The molecule has 2 aromatic carbocycles. The largest absolute Gasteiger partial charge is 0.450 e. The molecule has 1 amide bonds. The van der Waals surface area contributed by atoms with Gasteiger partial charge in [0, 0.05) is 5.02 Å². The van der Waals surface area contributed by atoms with Gasteiger partial charge in [0.15, 0.2) is 5.43 Å². The number of benzene rings is 2. The van der Waals surface area contributed by atoms with E-state index < -0.39 is 11.9 Å². The van der Waals surface area contributed by atoms with Crippen LogP contribution in [0.4, 0.5) is 5.13 Å². The van der Waals surface area contributed by atoms with Crippen LogP contribution < -0.4 is 10.3 Å². The zero-order valence-electron chi connectivity index (χ0n) is 14.5. The minimum Gasteiger partial charge on any atom is -0.450 e. The number of aryl methyl sites for hydroxylation is 1. The van der Waals surface area contributed by atoms with E-state index in [4.69, 9.17) is 16.0 Å². The van der Waals surface area contributed by atoms with E-state index in [1.54, 1.807) is 23.7 Å². The summed E-state index contributed by atoms with van der Waals surface area (Å²) in [6.07, 6.45) is 0. The highest BCUT2D eigenvalue weighted by Gasteiger charge is 2.44. The molecular formula is C20H12ClN3O3S. The molecule has 1 aliphatic heterocycles. The summed E-state index contributed by atoms with van der Waals surface area (Å²) in [7, 11) is 0. The maximum atomic E-state index is 13.4. The van der Waals surface area contributed by atoms with Crippen LogP contribution in [0, 0.1) is 6.92 Å². The van der Waals surface area contributed by atoms with E-state index in [9.17, 15) is 9.59 Å². The van der Waals surface area contributed by atoms with Crippen molar-refractivity contribution in [1.29, 1.82) is 0 Å². The second-order valence-corrected chi connectivity index (χ2v) is 7.77. The minimum absolute atomic E-state index is 0.0283. The Balaban J connectivity index is 1.83. The first-order chi connectivity index (χ1) is 13.5. The average Bonchev–Trinajstić information content (AvgIpc) is 3.30. The number of hydrogen-bond donors (Lipinski definition) is 0. The molecule has 3 heterocycles. The van der Waals surface area contributed by atoms with Crippen molar-refractivity contribution in [1.82, 2.24) is 10.2 Å². The Hall–Kier alpha value is -3.03. The molecule has 0 unspecified atom stereocenters. The van der Waals surface area contributed by atoms with E-state index in [0.717, 1.165) is 11.1 Å². The molecule has 1 atom stereocenters. The quantitative estimate of drug-likeness (QED) is 0.491. The fourth-order valence-corrected chi connectivity index (χ4v) is 4.24. The van der Waals surface area contributed by atoms with Crippen LogP contribution in [0.3, 0.4) is 0 Å². The summed E-state index contributed by atoms with van der Waals surface area (Å²) in [5.41, 5.74) is 3.75. The first-order valence-electron chi connectivity index (χ1n) is 8.47. The standard InChI is InChI=1S/C20H12ClN3O3S/c1-10-2-4-11(5-3-10)16-15-17(25)13-8-12(21)6-7-14(13)27-18(15)19(26)24(16)20-23-22-9-28-20/h2-9,16H,1H3/t16-/m1/s1.